The largest absolute Gasteiger partial charge is 0.478 e. The molecule has 0 bridgehead atoms. The molecular weight excluding hydrogens is 290 g/mol. The predicted octanol–water partition coefficient (Wildman–Crippen LogP) is 2.53. The Kier molecular flexibility index (Phi) is 5.95. The number of carboxylic acid groups (broad SMARTS) is 1. The summed E-state index contributed by atoms with van der Waals surface area (Å²) >= 11 is 1.31. The fourth-order valence-electron chi connectivity index (χ4n) is 2.26. The van der Waals surface area contributed by atoms with E-state index in [4.69, 9.17) is 9.84 Å². The molecule has 0 aliphatic carbocycles. The minimum atomic E-state index is -1.03. The Morgan fingerprint density at radius 2 is 2.33 bits per heavy atom. The molecule has 1 amide bonds. The van der Waals surface area contributed by atoms with Gasteiger partial charge in [-0.05, 0) is 48.8 Å². The number of carboxylic acids is 1. The van der Waals surface area contributed by atoms with Gasteiger partial charge in [0.25, 0.3) is 5.91 Å². The molecule has 0 spiro atoms. The smallest absolute Gasteiger partial charge is 0.328 e. The monoisotopic (exact) mass is 309 g/mol. The first-order chi connectivity index (χ1) is 10.2. The lowest BCUT2D eigenvalue weighted by Gasteiger charge is -2.22. The molecule has 2 rings (SSSR count). The fourth-order valence-corrected chi connectivity index (χ4v) is 3.06. The summed E-state index contributed by atoms with van der Waals surface area (Å²) in [5.74, 6) is -1.19. The molecular formula is C15H19NO4S. The molecule has 1 unspecified atom stereocenters. The van der Waals surface area contributed by atoms with Gasteiger partial charge in [-0.15, -0.1) is 11.3 Å². The van der Waals surface area contributed by atoms with Crippen LogP contribution in [0.3, 0.4) is 0 Å². The van der Waals surface area contributed by atoms with Crippen LogP contribution in [-0.2, 0) is 9.53 Å². The van der Waals surface area contributed by atoms with E-state index in [1.54, 1.807) is 11.4 Å². The molecule has 2 heterocycles. The standard InChI is InChI=1S/C15H19NO4S/c17-13(18)5-4-11-7-10-21-14(11)15(19)16-8-6-12-3-1-2-9-20-12/h4-5,7,10,12H,1-3,6,8-9H2,(H,16,19)(H,17,18)/b5-4+. The van der Waals surface area contributed by atoms with Crippen molar-refractivity contribution in [3.8, 4) is 0 Å². The number of thiophene rings is 1. The zero-order valence-corrected chi connectivity index (χ0v) is 12.5. The van der Waals surface area contributed by atoms with Gasteiger partial charge in [-0.1, -0.05) is 0 Å². The molecule has 114 valence electrons. The molecule has 0 aromatic carbocycles. The Morgan fingerprint density at radius 3 is 3.05 bits per heavy atom. The molecule has 1 aliphatic heterocycles. The summed E-state index contributed by atoms with van der Waals surface area (Å²) in [5.41, 5.74) is 0.633. The number of rotatable bonds is 6. The molecule has 2 N–H and O–H groups in total. The van der Waals surface area contributed by atoms with E-state index in [9.17, 15) is 9.59 Å². The lowest BCUT2D eigenvalue weighted by atomic mass is 10.1. The van der Waals surface area contributed by atoms with Crippen LogP contribution < -0.4 is 5.32 Å². The summed E-state index contributed by atoms with van der Waals surface area (Å²) in [6.07, 6.45) is 6.91. The highest BCUT2D eigenvalue weighted by Crippen LogP contribution is 2.19. The third-order valence-corrected chi connectivity index (χ3v) is 4.26. The van der Waals surface area contributed by atoms with Crippen molar-refractivity contribution in [2.45, 2.75) is 31.8 Å². The van der Waals surface area contributed by atoms with E-state index in [-0.39, 0.29) is 12.0 Å². The van der Waals surface area contributed by atoms with Gasteiger partial charge < -0.3 is 15.2 Å². The van der Waals surface area contributed by atoms with Gasteiger partial charge in [0, 0.05) is 19.2 Å². The molecule has 1 aromatic rings. The van der Waals surface area contributed by atoms with Gasteiger partial charge in [-0.25, -0.2) is 4.79 Å². The van der Waals surface area contributed by atoms with Gasteiger partial charge in [0.2, 0.25) is 0 Å². The van der Waals surface area contributed by atoms with Crippen molar-refractivity contribution < 1.29 is 19.4 Å². The van der Waals surface area contributed by atoms with Gasteiger partial charge in [0.1, 0.15) is 0 Å². The minimum Gasteiger partial charge on any atom is -0.478 e. The molecule has 1 saturated heterocycles. The average molecular weight is 309 g/mol. The number of nitrogens with one attached hydrogen (secondary N) is 1. The Hall–Kier alpha value is -1.66. The number of hydrogen-bond acceptors (Lipinski definition) is 4. The van der Waals surface area contributed by atoms with Crippen molar-refractivity contribution in [3.05, 3.63) is 28.0 Å². The van der Waals surface area contributed by atoms with Crippen LogP contribution in [0, 0.1) is 0 Å². The van der Waals surface area contributed by atoms with Crippen LogP contribution in [-0.4, -0.2) is 36.2 Å². The van der Waals surface area contributed by atoms with E-state index in [0.29, 0.717) is 17.0 Å². The molecule has 1 fully saturated rings. The first kappa shape index (κ1) is 15.7. The van der Waals surface area contributed by atoms with Crippen molar-refractivity contribution in [3.63, 3.8) is 0 Å². The zero-order valence-electron chi connectivity index (χ0n) is 11.7. The quantitative estimate of drug-likeness (QED) is 0.792. The van der Waals surface area contributed by atoms with Crippen LogP contribution in [0.25, 0.3) is 6.08 Å². The second kappa shape index (κ2) is 7.95. The summed E-state index contributed by atoms with van der Waals surface area (Å²) in [6, 6.07) is 1.74. The minimum absolute atomic E-state index is 0.161. The number of amides is 1. The number of carbonyl (C=O) groups is 2. The van der Waals surface area contributed by atoms with Crippen LogP contribution in [0.5, 0.6) is 0 Å². The SMILES string of the molecule is O=C(O)/C=C/c1ccsc1C(=O)NCCC1CCCCO1. The maximum Gasteiger partial charge on any atom is 0.328 e. The van der Waals surface area contributed by atoms with Crippen LogP contribution in [0.15, 0.2) is 17.5 Å². The summed E-state index contributed by atoms with van der Waals surface area (Å²) < 4.78 is 5.61. The second-order valence-corrected chi connectivity index (χ2v) is 5.83. The Bertz CT molecular complexity index is 517. The average Bonchev–Trinajstić information content (AvgIpc) is 2.94. The van der Waals surface area contributed by atoms with Crippen molar-refractivity contribution >= 4 is 29.3 Å². The van der Waals surface area contributed by atoms with Crippen LogP contribution in [0.4, 0.5) is 0 Å². The van der Waals surface area contributed by atoms with Gasteiger partial charge in [0.15, 0.2) is 0 Å². The third-order valence-electron chi connectivity index (χ3n) is 3.33. The Labute approximate surface area is 127 Å². The molecule has 0 radical (unpaired) electrons. The summed E-state index contributed by atoms with van der Waals surface area (Å²) in [6.45, 7) is 1.39. The Morgan fingerprint density at radius 1 is 1.48 bits per heavy atom. The van der Waals surface area contributed by atoms with E-state index in [1.165, 1.54) is 23.8 Å². The first-order valence-electron chi connectivity index (χ1n) is 7.05. The lowest BCUT2D eigenvalue weighted by Crippen LogP contribution is -2.29. The summed E-state index contributed by atoms with van der Waals surface area (Å²) in [5, 5.41) is 13.3. The summed E-state index contributed by atoms with van der Waals surface area (Å²) in [4.78, 5) is 23.2. The molecule has 1 aliphatic rings. The fraction of sp³-hybridized carbons (Fsp3) is 0.467. The van der Waals surface area contributed by atoms with Crippen molar-refractivity contribution in [2.75, 3.05) is 13.2 Å². The van der Waals surface area contributed by atoms with Crippen molar-refractivity contribution in [2.24, 2.45) is 0 Å². The van der Waals surface area contributed by atoms with Crippen LogP contribution >= 0.6 is 11.3 Å². The maximum atomic E-state index is 12.1. The second-order valence-electron chi connectivity index (χ2n) is 4.91. The van der Waals surface area contributed by atoms with Gasteiger partial charge in [0.05, 0.1) is 11.0 Å². The van der Waals surface area contributed by atoms with Crippen LogP contribution in [0.1, 0.15) is 40.9 Å². The van der Waals surface area contributed by atoms with E-state index < -0.39 is 5.97 Å². The van der Waals surface area contributed by atoms with Gasteiger partial charge >= 0.3 is 5.97 Å². The highest BCUT2D eigenvalue weighted by atomic mass is 32.1. The van der Waals surface area contributed by atoms with E-state index in [1.807, 2.05) is 0 Å². The lowest BCUT2D eigenvalue weighted by molar-refractivity contribution is -0.131. The Balaban J connectivity index is 1.83. The highest BCUT2D eigenvalue weighted by molar-refractivity contribution is 7.12. The van der Waals surface area contributed by atoms with E-state index in [0.717, 1.165) is 31.9 Å². The van der Waals surface area contributed by atoms with Gasteiger partial charge in [-0.3, -0.25) is 4.79 Å². The molecule has 0 saturated carbocycles. The molecule has 21 heavy (non-hydrogen) atoms. The number of ether oxygens (including phenoxy) is 1. The highest BCUT2D eigenvalue weighted by Gasteiger charge is 2.15. The molecule has 1 aromatic heterocycles. The van der Waals surface area contributed by atoms with Crippen molar-refractivity contribution in [1.29, 1.82) is 0 Å². The molecule has 6 heteroatoms. The third kappa shape index (κ3) is 4.99. The summed E-state index contributed by atoms with van der Waals surface area (Å²) in [7, 11) is 0. The number of aliphatic carboxylic acids is 1. The first-order valence-corrected chi connectivity index (χ1v) is 7.93. The normalized spacial score (nSPS) is 18.8. The van der Waals surface area contributed by atoms with Crippen LogP contribution in [0.2, 0.25) is 0 Å². The zero-order chi connectivity index (χ0) is 15.1. The topological polar surface area (TPSA) is 75.6 Å². The predicted molar refractivity (Wildman–Crippen MR) is 81.5 cm³/mol. The molecule has 1 atom stereocenters. The van der Waals surface area contributed by atoms with Crippen molar-refractivity contribution in [1.82, 2.24) is 5.32 Å². The van der Waals surface area contributed by atoms with Gasteiger partial charge in [-0.2, -0.15) is 0 Å². The van der Waals surface area contributed by atoms with E-state index in [2.05, 4.69) is 5.32 Å². The number of hydrogen-bond donors (Lipinski definition) is 2. The van der Waals surface area contributed by atoms with E-state index >= 15 is 0 Å². The molecule has 5 nitrogen and oxygen atoms in total. The number of carbonyl (C=O) groups excluding carboxylic acids is 1. The maximum absolute atomic E-state index is 12.1.